The van der Waals surface area contributed by atoms with Gasteiger partial charge in [-0.25, -0.2) is 13.8 Å². The van der Waals surface area contributed by atoms with Crippen LogP contribution in [-0.4, -0.2) is 77.1 Å². The minimum absolute atomic E-state index is 0.00270. The zero-order chi connectivity index (χ0) is 48.6. The van der Waals surface area contributed by atoms with Crippen molar-refractivity contribution in [1.82, 2.24) is 19.9 Å². The number of nitrogens with one attached hydrogen (secondary N) is 1. The number of anilines is 3. The highest BCUT2D eigenvalue weighted by molar-refractivity contribution is 7.23. The molecule has 3 aliphatic rings. The van der Waals surface area contributed by atoms with E-state index in [-0.39, 0.29) is 90.4 Å². The van der Waals surface area contributed by atoms with Gasteiger partial charge >= 0.3 is 18.2 Å². The predicted octanol–water partition coefficient (Wildman–Crippen LogP) is 12.1. The molecule has 0 bridgehead atoms. The van der Waals surface area contributed by atoms with Crippen LogP contribution in [0.1, 0.15) is 120 Å². The predicted molar refractivity (Wildman–Crippen MR) is 256 cm³/mol. The second-order valence-corrected chi connectivity index (χ2v) is 18.6. The summed E-state index contributed by atoms with van der Waals surface area (Å²) in [6.45, 7) is 10.3. The van der Waals surface area contributed by atoms with E-state index in [1.807, 2.05) is 4.90 Å². The summed E-state index contributed by atoms with van der Waals surface area (Å²) in [5.74, 6) is -2.31. The van der Waals surface area contributed by atoms with Gasteiger partial charge in [-0.3, -0.25) is 9.69 Å². The summed E-state index contributed by atoms with van der Waals surface area (Å²) in [7, 11) is 0. The molecule has 0 radical (unpaired) electrons. The van der Waals surface area contributed by atoms with Gasteiger partial charge in [-0.1, -0.05) is 76.5 Å². The molecular formula is C50H59F5N8O4S. The maximum atomic E-state index is 17.8. The number of carbonyl (C=O) groups excluding carboxylic acids is 1. The first-order chi connectivity index (χ1) is 32.8. The van der Waals surface area contributed by atoms with Gasteiger partial charge in [-0.2, -0.15) is 28.4 Å². The summed E-state index contributed by atoms with van der Waals surface area (Å²) in [4.78, 5) is 29.7. The number of halogens is 5. The van der Waals surface area contributed by atoms with Crippen LogP contribution in [0.4, 0.5) is 38.6 Å². The minimum atomic E-state index is -5.19. The Balaban J connectivity index is 0.00000338. The Morgan fingerprint density at radius 3 is 2.56 bits per heavy atom. The fourth-order valence-electron chi connectivity index (χ4n) is 9.95. The first-order valence-electron chi connectivity index (χ1n) is 23.5. The molecule has 8 rings (SSSR count). The summed E-state index contributed by atoms with van der Waals surface area (Å²) in [6.07, 6.45) is 7.08. The molecule has 12 nitrogen and oxygen atoms in total. The van der Waals surface area contributed by atoms with Crippen LogP contribution in [0.2, 0.25) is 0 Å². The molecule has 2 unspecified atom stereocenters. The highest BCUT2D eigenvalue weighted by Crippen LogP contribution is 2.54. The van der Waals surface area contributed by atoms with Crippen LogP contribution < -0.4 is 25.4 Å². The number of esters is 1. The Labute approximate surface area is 397 Å². The van der Waals surface area contributed by atoms with Crippen LogP contribution >= 0.6 is 11.3 Å². The van der Waals surface area contributed by atoms with Gasteiger partial charge in [0.15, 0.2) is 12.5 Å². The number of ether oxygens (including phenoxy) is 3. The van der Waals surface area contributed by atoms with Crippen LogP contribution in [-0.2, 0) is 15.7 Å². The summed E-state index contributed by atoms with van der Waals surface area (Å²) in [5, 5.41) is 13.5. The maximum Gasteiger partial charge on any atom is 0.420 e. The van der Waals surface area contributed by atoms with Gasteiger partial charge in [0.05, 0.1) is 29.1 Å². The number of alkyl halides is 4. The fraction of sp³-hybridized carbons (Fsp3) is 0.500. The van der Waals surface area contributed by atoms with Crippen LogP contribution in [0.5, 0.6) is 11.8 Å². The van der Waals surface area contributed by atoms with Crippen molar-refractivity contribution in [3.8, 4) is 29.0 Å². The molecule has 3 atom stereocenters. The van der Waals surface area contributed by atoms with Gasteiger partial charge in [-0.05, 0) is 50.4 Å². The average molecular weight is 963 g/mol. The van der Waals surface area contributed by atoms with E-state index < -0.39 is 58.1 Å². The Morgan fingerprint density at radius 1 is 1.09 bits per heavy atom. The molecule has 0 aliphatic carbocycles. The van der Waals surface area contributed by atoms with E-state index in [1.165, 1.54) is 50.4 Å². The van der Waals surface area contributed by atoms with E-state index in [0.717, 1.165) is 37.0 Å². The molecule has 0 saturated carbocycles. The van der Waals surface area contributed by atoms with Crippen LogP contribution in [0.3, 0.4) is 0 Å². The van der Waals surface area contributed by atoms with Crippen molar-refractivity contribution < 1.29 is 41.0 Å². The van der Waals surface area contributed by atoms with Crippen molar-refractivity contribution in [2.45, 2.75) is 121 Å². The number of benzene rings is 2. The molecule has 3 N–H and O–H groups in total. The number of nitrogen functional groups attached to an aromatic ring is 1. The smallest absolute Gasteiger partial charge is 0.420 e. The summed E-state index contributed by atoms with van der Waals surface area (Å²) < 4.78 is 98.2. The van der Waals surface area contributed by atoms with Crippen LogP contribution in [0, 0.1) is 17.1 Å². The van der Waals surface area contributed by atoms with Crippen LogP contribution in [0.15, 0.2) is 49.7 Å². The Bertz CT molecular complexity index is 2620. The Morgan fingerprint density at radius 2 is 1.84 bits per heavy atom. The van der Waals surface area contributed by atoms with Crippen molar-refractivity contribution in [3.05, 3.63) is 72.2 Å². The number of aromatic nitrogens is 3. The summed E-state index contributed by atoms with van der Waals surface area (Å²) >= 11 is 1.07. The lowest BCUT2D eigenvalue weighted by Crippen LogP contribution is -2.43. The molecule has 6 heterocycles. The third-order valence-electron chi connectivity index (χ3n) is 13.2. The normalized spacial score (nSPS) is 18.3. The van der Waals surface area contributed by atoms with Crippen molar-refractivity contribution in [1.29, 1.82) is 5.26 Å². The second-order valence-electron chi connectivity index (χ2n) is 17.5. The molecule has 18 heteroatoms. The lowest BCUT2D eigenvalue weighted by Gasteiger charge is -2.32. The number of unbranched alkanes of at least 4 members (excludes halogenated alkanes) is 8. The van der Waals surface area contributed by atoms with Gasteiger partial charge in [0.1, 0.15) is 58.9 Å². The van der Waals surface area contributed by atoms with Gasteiger partial charge in [-0.15, -0.1) is 24.5 Å². The molecule has 3 aliphatic heterocycles. The van der Waals surface area contributed by atoms with Gasteiger partial charge in [0.25, 0.3) is 0 Å². The van der Waals surface area contributed by atoms with Crippen molar-refractivity contribution in [3.63, 3.8) is 0 Å². The van der Waals surface area contributed by atoms with E-state index in [1.54, 1.807) is 30.0 Å². The highest BCUT2D eigenvalue weighted by Gasteiger charge is 2.50. The minimum Gasteiger partial charge on any atom is -0.490 e. The third-order valence-corrected chi connectivity index (χ3v) is 14.3. The largest absolute Gasteiger partial charge is 0.490 e. The first-order valence-corrected chi connectivity index (χ1v) is 24.3. The van der Waals surface area contributed by atoms with Crippen molar-refractivity contribution >= 4 is 54.9 Å². The Kier molecular flexibility index (Phi) is 16.3. The number of nitriles is 1. The zero-order valence-electron chi connectivity index (χ0n) is 38.7. The molecule has 2 aromatic carbocycles. The number of carbonyl (C=O) groups is 1. The number of fused-ring (bicyclic) bond motifs is 2. The standard InChI is InChI=1S/C48H55F5N8O4S.C2H4/c1-3-4-5-6-7-8-9-10-11-18-35(62)65-28-57-45-33(25-54)36-32(15-12-17-34(36)66-45)37-39(48(51,52)53)42-38-41(40(37)50)58-46(64-27-47-19-14-21-60(47)26-30(49)24-47)59-44(38)61(22-23-63-42)29(2)31-16-13-20-56-43(31)55;1-2/h12-13,15-17,20,29-30,57H,3-11,14,18-19,21-24,26-28H2,1-2H3,(H2,55,56);1-2H2/t29?,30?,47-;/m0./s1. The maximum absolute atomic E-state index is 17.8. The molecule has 0 amide bonds. The van der Waals surface area contributed by atoms with E-state index in [0.29, 0.717) is 29.6 Å². The number of pyridine rings is 1. The molecule has 0 spiro atoms. The molecule has 68 heavy (non-hydrogen) atoms. The summed E-state index contributed by atoms with van der Waals surface area (Å²) in [5.41, 5.74) is 3.17. The summed E-state index contributed by atoms with van der Waals surface area (Å²) in [6, 6.07) is 9.01. The molecule has 364 valence electrons. The molecule has 5 aromatic rings. The SMILES string of the molecule is C=C.CCCCCCCCCCCC(=O)OCNc1sc2cccc(-c3c(C(F)(F)F)c4c5c(nc(OC[C@@]67CCCN6CC(F)C7)nc5c3F)N(C(C)c3cccnc3N)CCO4)c2c1C#N. The third kappa shape index (κ3) is 10.4. The van der Waals surface area contributed by atoms with Crippen LogP contribution in [0.25, 0.3) is 32.1 Å². The molecule has 3 aromatic heterocycles. The topological polar surface area (TPSA) is 152 Å². The zero-order valence-corrected chi connectivity index (χ0v) is 39.5. The lowest BCUT2D eigenvalue weighted by atomic mass is 9.91. The van der Waals surface area contributed by atoms with Crippen molar-refractivity contribution in [2.75, 3.05) is 55.5 Å². The number of hydrogen-bond donors (Lipinski definition) is 2. The average Bonchev–Trinajstić information content (AvgIpc) is 3.94. The van der Waals surface area contributed by atoms with Gasteiger partial charge in [0, 0.05) is 46.8 Å². The van der Waals surface area contributed by atoms with E-state index in [2.05, 4.69) is 46.4 Å². The number of hydrogen-bond acceptors (Lipinski definition) is 13. The number of rotatable bonds is 19. The molecular weight excluding hydrogens is 904 g/mol. The first kappa shape index (κ1) is 50.1. The van der Waals surface area contributed by atoms with E-state index in [4.69, 9.17) is 19.9 Å². The number of nitrogens with two attached hydrogens (primary N) is 1. The number of nitrogens with zero attached hydrogens (tertiary/aromatic N) is 6. The van der Waals surface area contributed by atoms with Gasteiger partial charge < -0.3 is 30.2 Å². The quantitative estimate of drug-likeness (QED) is 0.0266. The molecule has 2 fully saturated rings. The number of thiophene rings is 1. The van der Waals surface area contributed by atoms with E-state index >= 15 is 17.6 Å². The second kappa shape index (κ2) is 22.1. The monoisotopic (exact) mass is 962 g/mol. The lowest BCUT2D eigenvalue weighted by molar-refractivity contribution is -0.143. The van der Waals surface area contributed by atoms with Crippen molar-refractivity contribution in [2.24, 2.45) is 0 Å². The highest BCUT2D eigenvalue weighted by atomic mass is 32.1. The van der Waals surface area contributed by atoms with Gasteiger partial charge in [0.2, 0.25) is 0 Å². The Hall–Kier alpha value is -5.80. The van der Waals surface area contributed by atoms with E-state index in [9.17, 15) is 14.4 Å². The molecule has 2 saturated heterocycles. The fourth-order valence-corrected chi connectivity index (χ4v) is 11.0.